The van der Waals surface area contributed by atoms with E-state index in [2.05, 4.69) is 22.4 Å². The number of hydrogen-bond acceptors (Lipinski definition) is 4. The fourth-order valence-electron chi connectivity index (χ4n) is 2.98. The van der Waals surface area contributed by atoms with E-state index in [-0.39, 0.29) is 18.2 Å². The molecule has 32 heavy (non-hydrogen) atoms. The van der Waals surface area contributed by atoms with Crippen LogP contribution in [0, 0.1) is 0 Å². The predicted octanol–water partition coefficient (Wildman–Crippen LogP) is 4.26. The van der Waals surface area contributed by atoms with Gasteiger partial charge >= 0.3 is 0 Å². The first kappa shape index (κ1) is 22.5. The van der Waals surface area contributed by atoms with Gasteiger partial charge in [-0.2, -0.15) is 5.10 Å². The zero-order chi connectivity index (χ0) is 22.6. The van der Waals surface area contributed by atoms with Gasteiger partial charge in [-0.3, -0.25) is 9.59 Å². The lowest BCUT2D eigenvalue weighted by Crippen LogP contribution is -2.32. The second-order valence-corrected chi connectivity index (χ2v) is 6.97. The number of nitrogens with zero attached hydrogens (tertiary/aromatic N) is 1. The SMILES string of the molecule is C=CCOc1ccc(/C=N\NC(=O)C[C@@H](NC(=O)c2ccccc2)c2ccccc2)cc1. The fraction of sp³-hybridized carbons (Fsp3) is 0.115. The quantitative estimate of drug-likeness (QED) is 0.288. The molecule has 0 fully saturated rings. The molecule has 0 heterocycles. The van der Waals surface area contributed by atoms with Gasteiger partial charge in [-0.1, -0.05) is 61.2 Å². The Bertz CT molecular complexity index is 1050. The van der Waals surface area contributed by atoms with Crippen LogP contribution in [-0.2, 0) is 4.79 Å². The first-order chi connectivity index (χ1) is 15.7. The Hall–Kier alpha value is -4.19. The molecule has 3 aromatic rings. The van der Waals surface area contributed by atoms with E-state index in [0.29, 0.717) is 12.2 Å². The number of rotatable bonds is 10. The molecule has 2 amide bonds. The van der Waals surface area contributed by atoms with Gasteiger partial charge in [0.05, 0.1) is 18.7 Å². The Labute approximate surface area is 187 Å². The van der Waals surface area contributed by atoms with Crippen molar-refractivity contribution in [1.82, 2.24) is 10.7 Å². The molecule has 0 unspecified atom stereocenters. The highest BCUT2D eigenvalue weighted by atomic mass is 16.5. The van der Waals surface area contributed by atoms with Crippen molar-refractivity contribution in [2.24, 2.45) is 5.10 Å². The van der Waals surface area contributed by atoms with E-state index >= 15 is 0 Å². The van der Waals surface area contributed by atoms with E-state index in [1.54, 1.807) is 36.6 Å². The van der Waals surface area contributed by atoms with Crippen LogP contribution >= 0.6 is 0 Å². The average molecular weight is 428 g/mol. The molecule has 0 bridgehead atoms. The van der Waals surface area contributed by atoms with Crippen LogP contribution in [0.2, 0.25) is 0 Å². The summed E-state index contributed by atoms with van der Waals surface area (Å²) in [6, 6.07) is 25.1. The molecular formula is C26H25N3O3. The third-order valence-electron chi connectivity index (χ3n) is 4.58. The number of hydrogen-bond donors (Lipinski definition) is 2. The van der Waals surface area contributed by atoms with Gasteiger partial charge in [0.25, 0.3) is 5.91 Å². The molecule has 0 aliphatic rings. The molecule has 6 heteroatoms. The molecule has 0 aromatic heterocycles. The number of hydrazone groups is 1. The zero-order valence-corrected chi connectivity index (χ0v) is 17.6. The normalized spacial score (nSPS) is 11.5. The summed E-state index contributed by atoms with van der Waals surface area (Å²) in [5.74, 6) is 0.176. The second-order valence-electron chi connectivity index (χ2n) is 6.97. The number of ether oxygens (including phenoxy) is 1. The number of benzene rings is 3. The van der Waals surface area contributed by atoms with Gasteiger partial charge in [-0.05, 0) is 47.5 Å². The molecule has 6 nitrogen and oxygen atoms in total. The molecule has 1 atom stereocenters. The first-order valence-electron chi connectivity index (χ1n) is 10.2. The molecule has 0 aliphatic heterocycles. The zero-order valence-electron chi connectivity index (χ0n) is 17.6. The minimum absolute atomic E-state index is 0.0499. The maximum Gasteiger partial charge on any atom is 0.251 e. The van der Waals surface area contributed by atoms with E-state index in [9.17, 15) is 9.59 Å². The van der Waals surface area contributed by atoms with Gasteiger partial charge in [0, 0.05) is 5.56 Å². The average Bonchev–Trinajstić information content (AvgIpc) is 2.84. The van der Waals surface area contributed by atoms with Gasteiger partial charge in [-0.15, -0.1) is 0 Å². The van der Waals surface area contributed by atoms with Crippen LogP contribution in [0.25, 0.3) is 0 Å². The van der Waals surface area contributed by atoms with Crippen molar-refractivity contribution in [3.05, 3.63) is 114 Å². The summed E-state index contributed by atoms with van der Waals surface area (Å²) in [4.78, 5) is 25.1. The first-order valence-corrected chi connectivity index (χ1v) is 10.2. The standard InChI is InChI=1S/C26H25N3O3/c1-2-17-32-23-15-13-20(14-16-23)19-27-29-25(30)18-24(21-9-5-3-6-10-21)28-26(31)22-11-7-4-8-12-22/h2-16,19,24H,1,17-18H2,(H,28,31)(H,29,30)/b27-19-/t24-/m1/s1. The number of carbonyl (C=O) groups is 2. The lowest BCUT2D eigenvalue weighted by Gasteiger charge is -2.18. The summed E-state index contributed by atoms with van der Waals surface area (Å²) in [6.07, 6.45) is 3.28. The van der Waals surface area contributed by atoms with E-state index in [0.717, 1.165) is 16.9 Å². The Morgan fingerprint density at radius 1 is 0.938 bits per heavy atom. The summed E-state index contributed by atoms with van der Waals surface area (Å²) in [5.41, 5.74) is 4.71. The van der Waals surface area contributed by atoms with Crippen molar-refractivity contribution < 1.29 is 14.3 Å². The van der Waals surface area contributed by atoms with Gasteiger partial charge < -0.3 is 10.1 Å². The van der Waals surface area contributed by atoms with Crippen LogP contribution < -0.4 is 15.5 Å². The van der Waals surface area contributed by atoms with E-state index in [1.165, 1.54) is 0 Å². The van der Waals surface area contributed by atoms with Crippen molar-refractivity contribution >= 4 is 18.0 Å². The van der Waals surface area contributed by atoms with Crippen LogP contribution in [0.5, 0.6) is 5.75 Å². The molecule has 0 aliphatic carbocycles. The summed E-state index contributed by atoms with van der Waals surface area (Å²) in [7, 11) is 0. The third kappa shape index (κ3) is 6.95. The smallest absolute Gasteiger partial charge is 0.251 e. The van der Waals surface area contributed by atoms with Crippen LogP contribution in [-0.4, -0.2) is 24.6 Å². The Kier molecular flexibility index (Phi) is 8.34. The predicted molar refractivity (Wildman–Crippen MR) is 126 cm³/mol. The van der Waals surface area contributed by atoms with Crippen LogP contribution in [0.15, 0.2) is 103 Å². The maximum atomic E-state index is 12.6. The van der Waals surface area contributed by atoms with Crippen molar-refractivity contribution in [3.8, 4) is 5.75 Å². The highest BCUT2D eigenvalue weighted by Crippen LogP contribution is 2.17. The highest BCUT2D eigenvalue weighted by Gasteiger charge is 2.19. The Morgan fingerprint density at radius 2 is 1.59 bits per heavy atom. The van der Waals surface area contributed by atoms with Crippen molar-refractivity contribution in [1.29, 1.82) is 0 Å². The molecular weight excluding hydrogens is 402 g/mol. The van der Waals surface area contributed by atoms with Gasteiger partial charge in [0.2, 0.25) is 5.91 Å². The lowest BCUT2D eigenvalue weighted by atomic mass is 10.0. The summed E-state index contributed by atoms with van der Waals surface area (Å²) in [5, 5.41) is 6.96. The summed E-state index contributed by atoms with van der Waals surface area (Å²) in [6.45, 7) is 4.05. The summed E-state index contributed by atoms with van der Waals surface area (Å²) >= 11 is 0. The van der Waals surface area contributed by atoms with Crippen LogP contribution in [0.1, 0.15) is 33.9 Å². The molecule has 162 valence electrons. The maximum absolute atomic E-state index is 12.6. The number of carbonyl (C=O) groups excluding carboxylic acids is 2. The number of amides is 2. The van der Waals surface area contributed by atoms with E-state index < -0.39 is 6.04 Å². The van der Waals surface area contributed by atoms with Gasteiger partial charge in [0.15, 0.2) is 0 Å². The molecule has 3 rings (SSSR count). The Balaban J connectivity index is 1.60. The van der Waals surface area contributed by atoms with Crippen LogP contribution in [0.4, 0.5) is 0 Å². The molecule has 0 spiro atoms. The molecule has 0 saturated carbocycles. The third-order valence-corrected chi connectivity index (χ3v) is 4.58. The summed E-state index contributed by atoms with van der Waals surface area (Å²) < 4.78 is 5.44. The van der Waals surface area contributed by atoms with Gasteiger partial charge in [-0.25, -0.2) is 5.43 Å². The van der Waals surface area contributed by atoms with Crippen molar-refractivity contribution in [2.75, 3.05) is 6.61 Å². The molecule has 0 radical (unpaired) electrons. The van der Waals surface area contributed by atoms with Crippen LogP contribution in [0.3, 0.4) is 0 Å². The van der Waals surface area contributed by atoms with Crippen molar-refractivity contribution in [3.63, 3.8) is 0 Å². The fourth-order valence-corrected chi connectivity index (χ4v) is 2.98. The van der Waals surface area contributed by atoms with E-state index in [1.807, 2.05) is 60.7 Å². The number of nitrogens with one attached hydrogen (secondary N) is 2. The largest absolute Gasteiger partial charge is 0.490 e. The van der Waals surface area contributed by atoms with E-state index in [4.69, 9.17) is 4.74 Å². The highest BCUT2D eigenvalue weighted by molar-refractivity contribution is 5.94. The minimum Gasteiger partial charge on any atom is -0.490 e. The van der Waals surface area contributed by atoms with Crippen molar-refractivity contribution in [2.45, 2.75) is 12.5 Å². The monoisotopic (exact) mass is 427 g/mol. The topological polar surface area (TPSA) is 79.8 Å². The van der Waals surface area contributed by atoms with Gasteiger partial charge in [0.1, 0.15) is 12.4 Å². The second kappa shape index (κ2) is 11.9. The molecule has 0 saturated heterocycles. The molecule has 3 aromatic carbocycles. The lowest BCUT2D eigenvalue weighted by molar-refractivity contribution is -0.121. The minimum atomic E-state index is -0.486. The molecule has 2 N–H and O–H groups in total. The Morgan fingerprint density at radius 3 is 2.25 bits per heavy atom.